The minimum atomic E-state index is 0.141. The summed E-state index contributed by atoms with van der Waals surface area (Å²) in [5.41, 5.74) is 1.68. The van der Waals surface area contributed by atoms with Crippen LogP contribution in [0.4, 0.5) is 5.82 Å². The Kier molecular flexibility index (Phi) is 7.86. The van der Waals surface area contributed by atoms with Gasteiger partial charge in [-0.05, 0) is 38.8 Å². The normalized spacial score (nSPS) is 25.3. The van der Waals surface area contributed by atoms with E-state index in [1.807, 2.05) is 20.8 Å². The molecule has 2 fully saturated rings. The quantitative estimate of drug-likeness (QED) is 0.743. The fraction of sp³-hybridized carbons (Fsp3) is 0.826. The highest BCUT2D eigenvalue weighted by Gasteiger charge is 2.31. The summed E-state index contributed by atoms with van der Waals surface area (Å²) in [4.78, 5) is 14.5. The third-order valence-electron chi connectivity index (χ3n) is 5.56. The summed E-state index contributed by atoms with van der Waals surface area (Å²) in [7, 11) is 2.24. The SMILES string of the molecule is CC.Cc1nc(C2CCN(C)CC(C)(C)C2)cc(N2CCOCC(C)(C)C2)n1. The van der Waals surface area contributed by atoms with Crippen molar-refractivity contribution in [3.63, 3.8) is 0 Å². The molecular weight excluding hydrogens is 348 g/mol. The molecule has 1 unspecified atom stereocenters. The number of aryl methyl sites for hydroxylation is 1. The molecule has 1 aromatic rings. The van der Waals surface area contributed by atoms with Gasteiger partial charge >= 0.3 is 0 Å². The van der Waals surface area contributed by atoms with Crippen LogP contribution in [0.2, 0.25) is 0 Å². The first-order valence-electron chi connectivity index (χ1n) is 11.0. The van der Waals surface area contributed by atoms with Gasteiger partial charge in [0.1, 0.15) is 11.6 Å². The Morgan fingerprint density at radius 2 is 1.75 bits per heavy atom. The van der Waals surface area contributed by atoms with Crippen LogP contribution in [0, 0.1) is 17.8 Å². The Labute approximate surface area is 172 Å². The van der Waals surface area contributed by atoms with Gasteiger partial charge in [-0.1, -0.05) is 41.5 Å². The second-order valence-corrected chi connectivity index (χ2v) is 9.93. The van der Waals surface area contributed by atoms with Crippen molar-refractivity contribution >= 4 is 5.82 Å². The van der Waals surface area contributed by atoms with Gasteiger partial charge in [0, 0.05) is 42.7 Å². The monoisotopic (exact) mass is 390 g/mol. The third-order valence-corrected chi connectivity index (χ3v) is 5.56. The number of ether oxygens (including phenoxy) is 1. The van der Waals surface area contributed by atoms with Crippen LogP contribution in [0.5, 0.6) is 0 Å². The summed E-state index contributed by atoms with van der Waals surface area (Å²) < 4.78 is 5.80. The molecule has 1 aromatic heterocycles. The van der Waals surface area contributed by atoms with Crippen LogP contribution in [0.3, 0.4) is 0 Å². The predicted molar refractivity (Wildman–Crippen MR) is 118 cm³/mol. The van der Waals surface area contributed by atoms with Gasteiger partial charge in [-0.15, -0.1) is 0 Å². The second kappa shape index (κ2) is 9.53. The van der Waals surface area contributed by atoms with Gasteiger partial charge in [0.25, 0.3) is 0 Å². The van der Waals surface area contributed by atoms with Crippen LogP contribution in [-0.2, 0) is 4.74 Å². The molecule has 3 rings (SSSR count). The largest absolute Gasteiger partial charge is 0.379 e. The molecule has 0 bridgehead atoms. The van der Waals surface area contributed by atoms with Crippen molar-refractivity contribution in [3.05, 3.63) is 17.6 Å². The van der Waals surface area contributed by atoms with Crippen molar-refractivity contribution < 1.29 is 4.74 Å². The summed E-state index contributed by atoms with van der Waals surface area (Å²) in [6.45, 7) is 21.1. The molecule has 5 nitrogen and oxygen atoms in total. The Morgan fingerprint density at radius 1 is 1.04 bits per heavy atom. The van der Waals surface area contributed by atoms with Crippen molar-refractivity contribution in [1.29, 1.82) is 0 Å². The lowest BCUT2D eigenvalue weighted by Gasteiger charge is -2.30. The molecule has 2 aliphatic rings. The lowest BCUT2D eigenvalue weighted by molar-refractivity contribution is 0.0893. The fourth-order valence-corrected chi connectivity index (χ4v) is 4.58. The van der Waals surface area contributed by atoms with Gasteiger partial charge in [0.05, 0.1) is 13.2 Å². The molecule has 0 aromatic carbocycles. The molecule has 3 heterocycles. The van der Waals surface area contributed by atoms with Crippen LogP contribution in [0.25, 0.3) is 0 Å². The van der Waals surface area contributed by atoms with E-state index in [1.54, 1.807) is 0 Å². The molecule has 0 aliphatic carbocycles. The zero-order valence-corrected chi connectivity index (χ0v) is 19.5. The van der Waals surface area contributed by atoms with E-state index in [2.05, 4.69) is 50.6 Å². The molecule has 2 aliphatic heterocycles. The minimum absolute atomic E-state index is 0.141. The Balaban J connectivity index is 0.00000136. The molecular formula is C23H42N4O. The smallest absolute Gasteiger partial charge is 0.132 e. The van der Waals surface area contributed by atoms with E-state index in [9.17, 15) is 0 Å². The van der Waals surface area contributed by atoms with Crippen molar-refractivity contribution in [1.82, 2.24) is 14.9 Å². The fourth-order valence-electron chi connectivity index (χ4n) is 4.58. The van der Waals surface area contributed by atoms with E-state index >= 15 is 0 Å². The summed E-state index contributed by atoms with van der Waals surface area (Å²) in [5, 5.41) is 0. The van der Waals surface area contributed by atoms with E-state index in [1.165, 1.54) is 18.5 Å². The van der Waals surface area contributed by atoms with Crippen molar-refractivity contribution in [2.24, 2.45) is 10.8 Å². The molecule has 0 N–H and O–H groups in total. The average Bonchev–Trinajstić information content (AvgIpc) is 2.88. The van der Waals surface area contributed by atoms with Crippen LogP contribution in [0.1, 0.15) is 71.8 Å². The Morgan fingerprint density at radius 3 is 2.46 bits per heavy atom. The summed E-state index contributed by atoms with van der Waals surface area (Å²) in [6.07, 6.45) is 2.35. The van der Waals surface area contributed by atoms with Gasteiger partial charge < -0.3 is 14.5 Å². The number of nitrogens with zero attached hydrogens (tertiary/aromatic N) is 4. The molecule has 2 saturated heterocycles. The van der Waals surface area contributed by atoms with Crippen LogP contribution < -0.4 is 4.90 Å². The maximum absolute atomic E-state index is 5.80. The van der Waals surface area contributed by atoms with E-state index in [-0.39, 0.29) is 5.41 Å². The first-order chi connectivity index (χ1) is 13.1. The molecule has 0 amide bonds. The highest BCUT2D eigenvalue weighted by atomic mass is 16.5. The molecule has 0 radical (unpaired) electrons. The summed E-state index contributed by atoms with van der Waals surface area (Å²) in [6, 6.07) is 2.25. The number of hydrogen-bond acceptors (Lipinski definition) is 5. The zero-order chi connectivity index (χ0) is 20.9. The van der Waals surface area contributed by atoms with Crippen molar-refractivity contribution in [2.45, 2.75) is 67.2 Å². The maximum atomic E-state index is 5.80. The van der Waals surface area contributed by atoms with E-state index in [4.69, 9.17) is 14.7 Å². The van der Waals surface area contributed by atoms with E-state index in [0.717, 1.165) is 51.0 Å². The van der Waals surface area contributed by atoms with E-state index in [0.29, 0.717) is 11.3 Å². The Bertz CT molecular complexity index is 629. The number of likely N-dealkylation sites (tertiary alicyclic amines) is 1. The second-order valence-electron chi connectivity index (χ2n) is 9.93. The van der Waals surface area contributed by atoms with E-state index < -0.39 is 0 Å². The van der Waals surface area contributed by atoms with Crippen molar-refractivity contribution in [2.75, 3.05) is 51.3 Å². The van der Waals surface area contributed by atoms with Crippen LogP contribution in [-0.4, -0.2) is 61.3 Å². The molecule has 28 heavy (non-hydrogen) atoms. The van der Waals surface area contributed by atoms with Gasteiger partial charge in [-0.3, -0.25) is 0 Å². The highest BCUT2D eigenvalue weighted by molar-refractivity contribution is 5.41. The predicted octanol–water partition coefficient (Wildman–Crippen LogP) is 4.51. The average molecular weight is 391 g/mol. The standard InChI is InChI=1S/C21H36N4O.C2H6/c1-16-22-18(17-7-8-24(6)13-20(2,3)12-17)11-19(23-16)25-9-10-26-15-21(4,5)14-25;1-2/h11,17H,7-10,12-15H2,1-6H3;1-2H3. The minimum Gasteiger partial charge on any atom is -0.379 e. The molecule has 160 valence electrons. The van der Waals surface area contributed by atoms with Crippen LogP contribution in [0.15, 0.2) is 6.07 Å². The van der Waals surface area contributed by atoms with Crippen LogP contribution >= 0.6 is 0 Å². The van der Waals surface area contributed by atoms with Gasteiger partial charge in [0.15, 0.2) is 0 Å². The number of hydrogen-bond donors (Lipinski definition) is 0. The van der Waals surface area contributed by atoms with Crippen molar-refractivity contribution in [3.8, 4) is 0 Å². The third kappa shape index (κ3) is 6.41. The number of aromatic nitrogens is 2. The van der Waals surface area contributed by atoms with Gasteiger partial charge in [-0.2, -0.15) is 0 Å². The van der Waals surface area contributed by atoms with Gasteiger partial charge in [0.2, 0.25) is 0 Å². The molecule has 1 atom stereocenters. The topological polar surface area (TPSA) is 41.5 Å². The number of anilines is 1. The van der Waals surface area contributed by atoms with Gasteiger partial charge in [-0.25, -0.2) is 9.97 Å². The first kappa shape index (κ1) is 23.1. The lowest BCUT2D eigenvalue weighted by Crippen LogP contribution is -2.35. The lowest BCUT2D eigenvalue weighted by atomic mass is 9.81. The Hall–Kier alpha value is -1.20. The molecule has 0 saturated carbocycles. The maximum Gasteiger partial charge on any atom is 0.132 e. The zero-order valence-electron chi connectivity index (χ0n) is 19.5. The summed E-state index contributed by atoms with van der Waals surface area (Å²) >= 11 is 0. The highest BCUT2D eigenvalue weighted by Crippen LogP contribution is 2.37. The summed E-state index contributed by atoms with van der Waals surface area (Å²) in [5.74, 6) is 2.46. The first-order valence-corrected chi connectivity index (χ1v) is 11.0. The molecule has 0 spiro atoms. The number of rotatable bonds is 2. The molecule has 5 heteroatoms.